The molecule has 1 atom stereocenters. The van der Waals surface area contributed by atoms with Crippen molar-refractivity contribution in [2.24, 2.45) is 0 Å². The van der Waals surface area contributed by atoms with Crippen molar-refractivity contribution in [3.05, 3.63) is 59.7 Å². The van der Waals surface area contributed by atoms with E-state index < -0.39 is 0 Å². The molecule has 0 saturated carbocycles. The van der Waals surface area contributed by atoms with E-state index in [1.165, 1.54) is 12.0 Å². The van der Waals surface area contributed by atoms with E-state index in [2.05, 4.69) is 12.1 Å². The second-order valence-corrected chi connectivity index (χ2v) is 5.25. The molecule has 0 fully saturated rings. The SMILES string of the molecule is O[C@@H]1CCOc2ccccc21.c1ccc2c(c1)CCCO2. The van der Waals surface area contributed by atoms with Crippen LogP contribution in [-0.4, -0.2) is 18.3 Å². The molecular formula is C18H20O3. The second-order valence-electron chi connectivity index (χ2n) is 5.25. The topological polar surface area (TPSA) is 38.7 Å². The van der Waals surface area contributed by atoms with Crippen molar-refractivity contribution in [1.82, 2.24) is 0 Å². The molecule has 2 aromatic rings. The maximum Gasteiger partial charge on any atom is 0.125 e. The van der Waals surface area contributed by atoms with Crippen molar-refractivity contribution >= 4 is 0 Å². The van der Waals surface area contributed by atoms with E-state index in [4.69, 9.17) is 9.47 Å². The number of hydrogen-bond acceptors (Lipinski definition) is 3. The minimum atomic E-state index is -0.333. The fraction of sp³-hybridized carbons (Fsp3) is 0.333. The number of rotatable bonds is 0. The van der Waals surface area contributed by atoms with Gasteiger partial charge in [0.15, 0.2) is 0 Å². The maximum absolute atomic E-state index is 9.48. The number of para-hydroxylation sites is 2. The lowest BCUT2D eigenvalue weighted by Gasteiger charge is -2.21. The quantitative estimate of drug-likeness (QED) is 0.804. The average Bonchev–Trinajstić information content (AvgIpc) is 2.56. The minimum Gasteiger partial charge on any atom is -0.493 e. The summed E-state index contributed by atoms with van der Waals surface area (Å²) in [6, 6.07) is 15.9. The van der Waals surface area contributed by atoms with Crippen LogP contribution in [0.15, 0.2) is 48.5 Å². The van der Waals surface area contributed by atoms with E-state index in [0.29, 0.717) is 13.0 Å². The lowest BCUT2D eigenvalue weighted by Crippen LogP contribution is -2.13. The zero-order valence-electron chi connectivity index (χ0n) is 12.0. The molecule has 4 rings (SSSR count). The van der Waals surface area contributed by atoms with Crippen LogP contribution in [0, 0.1) is 0 Å². The molecule has 0 aliphatic carbocycles. The van der Waals surface area contributed by atoms with Gasteiger partial charge < -0.3 is 14.6 Å². The van der Waals surface area contributed by atoms with E-state index in [1.54, 1.807) is 0 Å². The van der Waals surface area contributed by atoms with Gasteiger partial charge >= 0.3 is 0 Å². The van der Waals surface area contributed by atoms with Crippen LogP contribution in [0.25, 0.3) is 0 Å². The summed E-state index contributed by atoms with van der Waals surface area (Å²) in [7, 11) is 0. The Labute approximate surface area is 125 Å². The first kappa shape index (κ1) is 14.0. The van der Waals surface area contributed by atoms with E-state index in [9.17, 15) is 5.11 Å². The third-order valence-corrected chi connectivity index (χ3v) is 3.75. The highest BCUT2D eigenvalue weighted by Gasteiger charge is 2.17. The molecule has 2 aliphatic heterocycles. The predicted octanol–water partition coefficient (Wildman–Crippen LogP) is 3.51. The Morgan fingerprint density at radius 2 is 1.57 bits per heavy atom. The van der Waals surface area contributed by atoms with Crippen molar-refractivity contribution in [3.63, 3.8) is 0 Å². The molecule has 0 saturated heterocycles. The summed E-state index contributed by atoms with van der Waals surface area (Å²) in [6.45, 7) is 1.51. The molecule has 110 valence electrons. The van der Waals surface area contributed by atoms with Crippen molar-refractivity contribution in [2.45, 2.75) is 25.4 Å². The smallest absolute Gasteiger partial charge is 0.125 e. The largest absolute Gasteiger partial charge is 0.493 e. The molecule has 21 heavy (non-hydrogen) atoms. The summed E-state index contributed by atoms with van der Waals surface area (Å²) in [5.74, 6) is 1.90. The Kier molecular flexibility index (Phi) is 4.41. The summed E-state index contributed by atoms with van der Waals surface area (Å²) in [6.07, 6.45) is 2.71. The van der Waals surface area contributed by atoms with Crippen LogP contribution >= 0.6 is 0 Å². The first-order valence-electron chi connectivity index (χ1n) is 7.45. The Hall–Kier alpha value is -2.00. The molecule has 2 heterocycles. The van der Waals surface area contributed by atoms with Gasteiger partial charge in [0.25, 0.3) is 0 Å². The highest BCUT2D eigenvalue weighted by atomic mass is 16.5. The Morgan fingerprint density at radius 1 is 0.857 bits per heavy atom. The van der Waals surface area contributed by atoms with Crippen LogP contribution < -0.4 is 9.47 Å². The Morgan fingerprint density at radius 3 is 2.38 bits per heavy atom. The highest BCUT2D eigenvalue weighted by molar-refractivity contribution is 5.36. The number of ether oxygens (including phenoxy) is 2. The van der Waals surface area contributed by atoms with Crippen molar-refractivity contribution < 1.29 is 14.6 Å². The molecule has 2 aromatic carbocycles. The third-order valence-electron chi connectivity index (χ3n) is 3.75. The van der Waals surface area contributed by atoms with Gasteiger partial charge in [-0.1, -0.05) is 36.4 Å². The lowest BCUT2D eigenvalue weighted by atomic mass is 10.0. The molecule has 0 bridgehead atoms. The van der Waals surface area contributed by atoms with Gasteiger partial charge in [0.2, 0.25) is 0 Å². The number of benzene rings is 2. The molecular weight excluding hydrogens is 264 g/mol. The van der Waals surface area contributed by atoms with Gasteiger partial charge in [-0.15, -0.1) is 0 Å². The summed E-state index contributed by atoms with van der Waals surface area (Å²) < 4.78 is 10.8. The van der Waals surface area contributed by atoms with Gasteiger partial charge in [-0.3, -0.25) is 0 Å². The van der Waals surface area contributed by atoms with Gasteiger partial charge in [0.05, 0.1) is 19.3 Å². The zero-order valence-corrected chi connectivity index (χ0v) is 12.0. The molecule has 2 aliphatic rings. The molecule has 0 amide bonds. The average molecular weight is 284 g/mol. The molecule has 0 spiro atoms. The zero-order chi connectivity index (χ0) is 14.5. The van der Waals surface area contributed by atoms with Crippen LogP contribution in [0.1, 0.15) is 30.1 Å². The van der Waals surface area contributed by atoms with Gasteiger partial charge in [-0.05, 0) is 30.5 Å². The van der Waals surface area contributed by atoms with Crippen LogP contribution in [0.5, 0.6) is 11.5 Å². The van der Waals surface area contributed by atoms with E-state index >= 15 is 0 Å². The molecule has 1 N–H and O–H groups in total. The van der Waals surface area contributed by atoms with E-state index in [0.717, 1.165) is 30.1 Å². The molecule has 0 unspecified atom stereocenters. The Balaban J connectivity index is 0.000000126. The molecule has 0 aromatic heterocycles. The van der Waals surface area contributed by atoms with Crippen molar-refractivity contribution in [2.75, 3.05) is 13.2 Å². The van der Waals surface area contributed by atoms with Crippen LogP contribution in [-0.2, 0) is 6.42 Å². The van der Waals surface area contributed by atoms with Gasteiger partial charge in [0, 0.05) is 12.0 Å². The van der Waals surface area contributed by atoms with Crippen molar-refractivity contribution in [3.8, 4) is 11.5 Å². The maximum atomic E-state index is 9.48. The predicted molar refractivity (Wildman–Crippen MR) is 81.8 cm³/mol. The summed E-state index contributed by atoms with van der Waals surface area (Å²) >= 11 is 0. The first-order valence-corrected chi connectivity index (χ1v) is 7.45. The number of hydrogen-bond donors (Lipinski definition) is 1. The number of aliphatic hydroxyl groups is 1. The fourth-order valence-corrected chi connectivity index (χ4v) is 2.62. The van der Waals surface area contributed by atoms with Gasteiger partial charge in [-0.2, -0.15) is 0 Å². The molecule has 3 heteroatoms. The van der Waals surface area contributed by atoms with Crippen molar-refractivity contribution in [1.29, 1.82) is 0 Å². The Bertz CT molecular complexity index is 570. The minimum absolute atomic E-state index is 0.333. The molecule has 3 nitrogen and oxygen atoms in total. The van der Waals surface area contributed by atoms with Crippen LogP contribution in [0.4, 0.5) is 0 Å². The van der Waals surface area contributed by atoms with Gasteiger partial charge in [0.1, 0.15) is 11.5 Å². The summed E-state index contributed by atoms with van der Waals surface area (Å²) in [5, 5.41) is 9.48. The monoisotopic (exact) mass is 284 g/mol. The second kappa shape index (κ2) is 6.64. The van der Waals surface area contributed by atoms with Gasteiger partial charge in [-0.25, -0.2) is 0 Å². The normalized spacial score (nSPS) is 19.0. The van der Waals surface area contributed by atoms with Crippen LogP contribution in [0.2, 0.25) is 0 Å². The van der Waals surface area contributed by atoms with Crippen LogP contribution in [0.3, 0.4) is 0 Å². The summed E-state index contributed by atoms with van der Waals surface area (Å²) in [4.78, 5) is 0. The first-order chi connectivity index (χ1) is 10.3. The van der Waals surface area contributed by atoms with E-state index in [1.807, 2.05) is 36.4 Å². The van der Waals surface area contributed by atoms with E-state index in [-0.39, 0.29) is 6.10 Å². The standard InChI is InChI=1S/C9H10O2.C9H10O/c10-8-5-6-11-9-4-2-1-3-7(8)9;1-2-6-9-8(4-1)5-3-7-10-9/h1-4,8,10H,5-6H2;1-2,4,6H,3,5,7H2/t8-;/m1./s1. The highest BCUT2D eigenvalue weighted by Crippen LogP contribution is 2.30. The number of aryl methyl sites for hydroxylation is 1. The molecule has 0 radical (unpaired) electrons. The number of aliphatic hydroxyl groups excluding tert-OH is 1. The lowest BCUT2D eigenvalue weighted by molar-refractivity contribution is 0.115. The fourth-order valence-electron chi connectivity index (χ4n) is 2.62. The number of fused-ring (bicyclic) bond motifs is 2. The summed E-state index contributed by atoms with van der Waals surface area (Å²) in [5.41, 5.74) is 2.27. The third kappa shape index (κ3) is 3.37.